The van der Waals surface area contributed by atoms with Crippen molar-refractivity contribution >= 4 is 19.7 Å². The van der Waals surface area contributed by atoms with Crippen molar-refractivity contribution in [2.75, 3.05) is 40.9 Å². The molecule has 0 aromatic rings. The minimum atomic E-state index is -4.72. The van der Waals surface area contributed by atoms with Crippen LogP contribution < -0.4 is 10.2 Å². The van der Waals surface area contributed by atoms with Crippen LogP contribution in [-0.2, 0) is 27.9 Å². The number of nitrogens with one attached hydrogen (secondary N) is 1. The summed E-state index contributed by atoms with van der Waals surface area (Å²) < 4.78 is 30.5. The Labute approximate surface area is 539 Å². The lowest BCUT2D eigenvalue weighted by atomic mass is 10.0. The van der Waals surface area contributed by atoms with Gasteiger partial charge in [-0.15, -0.1) is 0 Å². The third-order valence-electron chi connectivity index (χ3n) is 16.3. The first-order valence-electron chi connectivity index (χ1n) is 36.9. The monoisotopic (exact) mass is 1240 g/mol. The van der Waals surface area contributed by atoms with E-state index in [4.69, 9.17) is 13.8 Å². The van der Waals surface area contributed by atoms with Gasteiger partial charge in [0.2, 0.25) is 5.91 Å². The van der Waals surface area contributed by atoms with E-state index in [0.717, 1.165) is 103 Å². The highest BCUT2D eigenvalue weighted by molar-refractivity contribution is 7.45. The molecular weight excluding hydrogens is 1100 g/mol. The maximum atomic E-state index is 13.6. The van der Waals surface area contributed by atoms with Crippen molar-refractivity contribution in [3.05, 3.63) is 85.1 Å². The molecule has 87 heavy (non-hydrogen) atoms. The number of likely N-dealkylation sites (N-methyl/N-ethyl adjacent to an activating group) is 1. The minimum absolute atomic E-state index is 0.0284. The van der Waals surface area contributed by atoms with Crippen LogP contribution in [0, 0.1) is 0 Å². The molecule has 0 aliphatic rings. The number of hydrogen-bond acceptors (Lipinski definition) is 7. The van der Waals surface area contributed by atoms with E-state index in [1.54, 1.807) is 0 Å². The van der Waals surface area contributed by atoms with Gasteiger partial charge in [0.05, 0.1) is 33.8 Å². The molecule has 9 nitrogen and oxygen atoms in total. The number of unbranched alkanes of at least 4 members (excludes halogenated alkanes) is 39. The predicted octanol–water partition coefficient (Wildman–Crippen LogP) is 23.0. The number of nitrogens with zero attached hydrogens (tertiary/aromatic N) is 1. The average molecular weight is 1240 g/mol. The van der Waals surface area contributed by atoms with Gasteiger partial charge < -0.3 is 28.5 Å². The molecule has 0 bridgehead atoms. The van der Waals surface area contributed by atoms with Crippen LogP contribution in [0.3, 0.4) is 0 Å². The summed E-state index contributed by atoms with van der Waals surface area (Å²) >= 11 is 0. The Hall–Kier alpha value is -2.81. The second-order valence-corrected chi connectivity index (χ2v) is 27.5. The van der Waals surface area contributed by atoms with Crippen LogP contribution >= 0.6 is 7.82 Å². The van der Waals surface area contributed by atoms with E-state index in [9.17, 15) is 19.0 Å². The van der Waals surface area contributed by atoms with Crippen LogP contribution in [-0.4, -0.2) is 69.4 Å². The van der Waals surface area contributed by atoms with Crippen molar-refractivity contribution in [2.24, 2.45) is 0 Å². The van der Waals surface area contributed by atoms with E-state index >= 15 is 0 Å². The van der Waals surface area contributed by atoms with Crippen molar-refractivity contribution in [3.8, 4) is 0 Å². The number of hydrogen-bond donors (Lipinski definition) is 1. The van der Waals surface area contributed by atoms with Gasteiger partial charge in [-0.1, -0.05) is 312 Å². The van der Waals surface area contributed by atoms with Crippen molar-refractivity contribution in [2.45, 2.75) is 354 Å². The Balaban J connectivity index is 5.06. The van der Waals surface area contributed by atoms with Crippen LogP contribution in [0.5, 0.6) is 0 Å². The predicted molar refractivity (Wildman–Crippen MR) is 376 cm³/mol. The molecule has 1 amide bonds. The van der Waals surface area contributed by atoms with Crippen molar-refractivity contribution < 1.29 is 37.3 Å². The fourth-order valence-corrected chi connectivity index (χ4v) is 11.4. The van der Waals surface area contributed by atoms with Crippen molar-refractivity contribution in [1.29, 1.82) is 0 Å². The molecule has 0 saturated carbocycles. The van der Waals surface area contributed by atoms with Gasteiger partial charge in [-0.05, 0) is 102 Å². The zero-order valence-electron chi connectivity index (χ0n) is 58.0. The Morgan fingerprint density at radius 1 is 0.414 bits per heavy atom. The van der Waals surface area contributed by atoms with E-state index < -0.39 is 26.6 Å². The number of phosphoric acid groups is 1. The lowest BCUT2D eigenvalue weighted by Crippen LogP contribution is -2.47. The quantitative estimate of drug-likeness (QED) is 0.0212. The summed E-state index contributed by atoms with van der Waals surface area (Å²) in [4.78, 5) is 40.2. The second kappa shape index (κ2) is 66.1. The molecule has 0 spiro atoms. The van der Waals surface area contributed by atoms with E-state index in [1.807, 2.05) is 33.3 Å². The first kappa shape index (κ1) is 84.2. The zero-order valence-corrected chi connectivity index (χ0v) is 58.9. The fourth-order valence-electron chi connectivity index (χ4n) is 10.7. The van der Waals surface area contributed by atoms with Gasteiger partial charge in [-0.25, -0.2) is 0 Å². The maximum Gasteiger partial charge on any atom is 0.306 e. The first-order chi connectivity index (χ1) is 42.4. The van der Waals surface area contributed by atoms with Gasteiger partial charge in [0, 0.05) is 12.8 Å². The molecule has 0 aliphatic carbocycles. The standard InChI is InChI=1S/C77H141N2O7P/c1-7-10-13-16-19-22-25-28-30-32-34-36-37-38-39-40-41-43-45-47-49-52-55-58-61-64-67-70-77(81)86-75(68-65-62-59-56-53-50-27-24-21-18-15-12-9-3)74(73-85-87(82,83)84-72-71-79(4,5)6)78-76(80)69-66-63-60-57-54-51-48-46-44-42-35-33-31-29-26-23-20-17-14-11-8-2/h11,14,20,23,28-31,35,42,46,48,65,68,74-75H,7-10,12-13,15-19,21-22,24-27,32-34,36-41,43-45,47,49-64,66-67,69-73H2,1-6H3,(H-,78,80,82,83)/b14-11-,23-20-,30-28+,31-29-,42-35-,48-46-,68-65-. The largest absolute Gasteiger partial charge is 0.756 e. The van der Waals surface area contributed by atoms with Gasteiger partial charge in [0.1, 0.15) is 19.3 Å². The normalized spacial score (nSPS) is 14.0. The van der Waals surface area contributed by atoms with Gasteiger partial charge in [0.25, 0.3) is 7.82 Å². The zero-order chi connectivity index (χ0) is 63.5. The lowest BCUT2D eigenvalue weighted by Gasteiger charge is -2.30. The molecular formula is C77H141N2O7P. The van der Waals surface area contributed by atoms with Gasteiger partial charge in [0.15, 0.2) is 0 Å². The summed E-state index contributed by atoms with van der Waals surface area (Å²) in [5, 5.41) is 3.04. The summed E-state index contributed by atoms with van der Waals surface area (Å²) in [5.41, 5.74) is 0. The van der Waals surface area contributed by atoms with Crippen molar-refractivity contribution in [3.63, 3.8) is 0 Å². The topological polar surface area (TPSA) is 114 Å². The van der Waals surface area contributed by atoms with Gasteiger partial charge in [-0.2, -0.15) is 0 Å². The second-order valence-electron chi connectivity index (χ2n) is 26.1. The van der Waals surface area contributed by atoms with Crippen LogP contribution in [0.1, 0.15) is 342 Å². The number of esters is 1. The molecule has 3 atom stereocenters. The molecule has 0 aromatic carbocycles. The summed E-state index contributed by atoms with van der Waals surface area (Å²) in [6.07, 6.45) is 88.6. The molecule has 0 saturated heterocycles. The van der Waals surface area contributed by atoms with Crippen LogP contribution in [0.4, 0.5) is 0 Å². The van der Waals surface area contributed by atoms with Gasteiger partial charge in [-0.3, -0.25) is 14.2 Å². The number of ether oxygens (including phenoxy) is 1. The highest BCUT2D eigenvalue weighted by Gasteiger charge is 2.27. The van der Waals surface area contributed by atoms with E-state index in [-0.39, 0.29) is 24.9 Å². The third-order valence-corrected chi connectivity index (χ3v) is 17.3. The Kier molecular flexibility index (Phi) is 64.0. The maximum absolute atomic E-state index is 13.6. The highest BCUT2D eigenvalue weighted by Crippen LogP contribution is 2.38. The molecule has 0 rings (SSSR count). The number of rotatable bonds is 67. The number of quaternary nitrogens is 1. The first-order valence-corrected chi connectivity index (χ1v) is 38.4. The number of phosphoric ester groups is 1. The Morgan fingerprint density at radius 3 is 1.11 bits per heavy atom. The van der Waals surface area contributed by atoms with Crippen LogP contribution in [0.15, 0.2) is 85.1 Å². The third kappa shape index (κ3) is 67.4. The van der Waals surface area contributed by atoms with E-state index in [1.165, 1.54) is 199 Å². The summed E-state index contributed by atoms with van der Waals surface area (Å²) in [7, 11) is 1.17. The summed E-state index contributed by atoms with van der Waals surface area (Å²) in [6.45, 7) is 6.75. The number of carbonyl (C=O) groups is 2. The molecule has 0 fully saturated rings. The molecule has 3 unspecified atom stereocenters. The number of carbonyl (C=O) groups excluding carboxylic acids is 2. The molecule has 10 heteroatoms. The fraction of sp³-hybridized carbons (Fsp3) is 0.792. The van der Waals surface area contributed by atoms with E-state index in [0.29, 0.717) is 23.9 Å². The summed E-state index contributed by atoms with van der Waals surface area (Å²) in [5.74, 6) is -0.553. The van der Waals surface area contributed by atoms with Gasteiger partial charge >= 0.3 is 5.97 Å². The van der Waals surface area contributed by atoms with E-state index in [2.05, 4.69) is 99.0 Å². The highest BCUT2D eigenvalue weighted by atomic mass is 31.2. The lowest BCUT2D eigenvalue weighted by molar-refractivity contribution is -0.870. The molecule has 0 aromatic heterocycles. The molecule has 0 heterocycles. The smallest absolute Gasteiger partial charge is 0.306 e. The number of allylic oxidation sites excluding steroid dienone is 13. The van der Waals surface area contributed by atoms with Crippen molar-refractivity contribution in [1.82, 2.24) is 5.32 Å². The van der Waals surface area contributed by atoms with Crippen LogP contribution in [0.25, 0.3) is 0 Å². The molecule has 506 valence electrons. The molecule has 0 aliphatic heterocycles. The SMILES string of the molecule is CC/C=C\C/C=C\C/C=C\C/C=C\C/C=C\CCCCCCCC(=O)NC(COP(=O)([O-])OCC[N+](C)(C)C)C(/C=C\CCCCCCCCCCCCC)OC(=O)CCCCCCCCCCCCCCCCCCC/C=C/CCCCCCCC. The Morgan fingerprint density at radius 2 is 0.736 bits per heavy atom. The minimum Gasteiger partial charge on any atom is -0.756 e. The average Bonchev–Trinajstić information content (AvgIpc) is 3.69. The molecule has 0 radical (unpaired) electrons. The number of amides is 1. The molecule has 1 N–H and O–H groups in total. The Bertz CT molecular complexity index is 1760. The summed E-state index contributed by atoms with van der Waals surface area (Å²) in [6, 6.07) is -0.903. The van der Waals surface area contributed by atoms with Crippen LogP contribution in [0.2, 0.25) is 0 Å².